The summed E-state index contributed by atoms with van der Waals surface area (Å²) in [5.74, 6) is -0.308. The van der Waals surface area contributed by atoms with Crippen molar-refractivity contribution in [1.29, 1.82) is 0 Å². The number of rotatable bonds is 5. The number of nitrogens with zero attached hydrogens (tertiary/aromatic N) is 2. The average molecular weight is 494 g/mol. The number of alkyl halides is 3. The van der Waals surface area contributed by atoms with Crippen molar-refractivity contribution in [3.05, 3.63) is 75.5 Å². The van der Waals surface area contributed by atoms with Gasteiger partial charge in [-0.15, -0.1) is 13.2 Å². The zero-order valence-corrected chi connectivity index (χ0v) is 18.3. The molecule has 1 unspecified atom stereocenters. The molecule has 0 aliphatic carbocycles. The summed E-state index contributed by atoms with van der Waals surface area (Å²) in [6.07, 6.45) is -4.11. The molecule has 3 aromatic rings. The number of halogens is 4. The molecule has 2 aromatic carbocycles. The number of nitrogens with one attached hydrogen (secondary N) is 1. The van der Waals surface area contributed by atoms with Crippen molar-refractivity contribution in [3.8, 4) is 11.4 Å². The van der Waals surface area contributed by atoms with Crippen LogP contribution in [-0.4, -0.2) is 22.1 Å². The fourth-order valence-electron chi connectivity index (χ4n) is 3.69. The molecular formula is C22H19BrF3N3O2. The van der Waals surface area contributed by atoms with Crippen LogP contribution in [0.3, 0.4) is 0 Å². The van der Waals surface area contributed by atoms with E-state index in [0.717, 1.165) is 21.3 Å². The Balaban J connectivity index is 1.78. The molecule has 4 rings (SSSR count). The number of ether oxygens (including phenoxy) is 1. The van der Waals surface area contributed by atoms with Crippen molar-refractivity contribution in [2.75, 3.05) is 0 Å². The van der Waals surface area contributed by atoms with Gasteiger partial charge in [0.15, 0.2) is 0 Å². The molecule has 0 radical (unpaired) electrons. The van der Waals surface area contributed by atoms with Crippen LogP contribution in [0.4, 0.5) is 13.2 Å². The SMILES string of the molecule is CC(C)Cc1nn(-c2ccc(OC(F)(F)F)cc2)c2c1C(c1ccc(Br)cc1)NC2=O. The molecule has 1 aliphatic heterocycles. The summed E-state index contributed by atoms with van der Waals surface area (Å²) in [6, 6.07) is 12.7. The van der Waals surface area contributed by atoms with Crippen molar-refractivity contribution < 1.29 is 22.7 Å². The zero-order valence-electron chi connectivity index (χ0n) is 16.7. The number of fused-ring (bicyclic) bond motifs is 1. The smallest absolute Gasteiger partial charge is 0.406 e. The third kappa shape index (κ3) is 4.46. The maximum Gasteiger partial charge on any atom is 0.573 e. The average Bonchev–Trinajstić information content (AvgIpc) is 3.21. The highest BCUT2D eigenvalue weighted by Crippen LogP contribution is 2.36. The van der Waals surface area contributed by atoms with Crippen LogP contribution in [0.25, 0.3) is 5.69 Å². The summed E-state index contributed by atoms with van der Waals surface area (Å²) < 4.78 is 43.7. The molecule has 9 heteroatoms. The van der Waals surface area contributed by atoms with Crippen molar-refractivity contribution in [2.45, 2.75) is 32.7 Å². The molecule has 0 bridgehead atoms. The second-order valence-corrected chi connectivity index (χ2v) is 8.63. The molecule has 0 fully saturated rings. The van der Waals surface area contributed by atoms with Gasteiger partial charge in [-0.25, -0.2) is 4.68 Å². The van der Waals surface area contributed by atoms with Gasteiger partial charge in [0.1, 0.15) is 11.4 Å². The minimum absolute atomic E-state index is 0.277. The normalized spacial score (nSPS) is 15.8. The molecular weight excluding hydrogens is 475 g/mol. The quantitative estimate of drug-likeness (QED) is 0.505. The van der Waals surface area contributed by atoms with Gasteiger partial charge in [0.2, 0.25) is 0 Å². The Bertz CT molecular complexity index is 1110. The Hall–Kier alpha value is -2.81. The monoisotopic (exact) mass is 493 g/mol. The summed E-state index contributed by atoms with van der Waals surface area (Å²) in [5.41, 5.74) is 3.39. The summed E-state index contributed by atoms with van der Waals surface area (Å²) in [4.78, 5) is 12.9. The van der Waals surface area contributed by atoms with Crippen LogP contribution in [-0.2, 0) is 6.42 Å². The molecule has 1 atom stereocenters. The molecule has 2 heterocycles. The van der Waals surface area contributed by atoms with E-state index in [1.807, 2.05) is 24.3 Å². The Morgan fingerprint density at radius 1 is 1.13 bits per heavy atom. The Kier molecular flexibility index (Phi) is 5.55. The first-order chi connectivity index (χ1) is 14.6. The third-order valence-corrected chi connectivity index (χ3v) is 5.43. The van der Waals surface area contributed by atoms with Gasteiger partial charge in [-0.1, -0.05) is 41.9 Å². The van der Waals surface area contributed by atoms with E-state index < -0.39 is 6.36 Å². The van der Waals surface area contributed by atoms with Gasteiger partial charge in [-0.3, -0.25) is 4.79 Å². The highest BCUT2D eigenvalue weighted by atomic mass is 79.9. The van der Waals surface area contributed by atoms with E-state index in [1.165, 1.54) is 28.9 Å². The summed E-state index contributed by atoms with van der Waals surface area (Å²) >= 11 is 3.42. The number of carbonyl (C=O) groups excluding carboxylic acids is 1. The molecule has 1 amide bonds. The van der Waals surface area contributed by atoms with Crippen LogP contribution >= 0.6 is 15.9 Å². The lowest BCUT2D eigenvalue weighted by Crippen LogP contribution is -2.23. The third-order valence-electron chi connectivity index (χ3n) is 4.90. The fraction of sp³-hybridized carbons (Fsp3) is 0.273. The fourth-order valence-corrected chi connectivity index (χ4v) is 3.95. The number of hydrogen-bond acceptors (Lipinski definition) is 3. The van der Waals surface area contributed by atoms with Crippen LogP contribution in [0.2, 0.25) is 0 Å². The molecule has 0 saturated heterocycles. The molecule has 162 valence electrons. The zero-order chi connectivity index (χ0) is 22.3. The van der Waals surface area contributed by atoms with Crippen LogP contribution in [0, 0.1) is 5.92 Å². The lowest BCUT2D eigenvalue weighted by atomic mass is 9.96. The van der Waals surface area contributed by atoms with E-state index in [2.05, 4.69) is 44.9 Å². The first kappa shape index (κ1) is 21.4. The predicted octanol–water partition coefficient (Wildman–Crippen LogP) is 5.56. The molecule has 31 heavy (non-hydrogen) atoms. The topological polar surface area (TPSA) is 56.1 Å². The summed E-state index contributed by atoms with van der Waals surface area (Å²) in [6.45, 7) is 4.13. The van der Waals surface area contributed by atoms with Gasteiger partial charge in [-0.2, -0.15) is 5.10 Å². The minimum Gasteiger partial charge on any atom is -0.406 e. The van der Waals surface area contributed by atoms with E-state index in [9.17, 15) is 18.0 Å². The molecule has 0 saturated carbocycles. The van der Waals surface area contributed by atoms with Crippen LogP contribution in [0.5, 0.6) is 5.75 Å². The molecule has 5 nitrogen and oxygen atoms in total. The predicted molar refractivity (Wildman–Crippen MR) is 112 cm³/mol. The number of aromatic nitrogens is 2. The highest BCUT2D eigenvalue weighted by molar-refractivity contribution is 9.10. The maximum absolute atomic E-state index is 12.9. The van der Waals surface area contributed by atoms with E-state index in [4.69, 9.17) is 0 Å². The largest absolute Gasteiger partial charge is 0.573 e. The molecule has 1 aliphatic rings. The van der Waals surface area contributed by atoms with Crippen LogP contribution in [0.15, 0.2) is 53.0 Å². The van der Waals surface area contributed by atoms with Gasteiger partial charge in [0.05, 0.1) is 17.4 Å². The standard InChI is InChI=1S/C22H19BrF3N3O2/c1-12(2)11-17-18-19(13-3-5-14(23)6-4-13)27-21(30)20(18)29(28-17)15-7-9-16(10-8-15)31-22(24,25)26/h3-10,12,19H,11H2,1-2H3,(H,27,30). The van der Waals surface area contributed by atoms with Gasteiger partial charge >= 0.3 is 6.36 Å². The van der Waals surface area contributed by atoms with E-state index >= 15 is 0 Å². The van der Waals surface area contributed by atoms with Gasteiger partial charge in [0.25, 0.3) is 5.91 Å². The first-order valence-electron chi connectivity index (χ1n) is 9.66. The van der Waals surface area contributed by atoms with Crippen molar-refractivity contribution >= 4 is 21.8 Å². The Morgan fingerprint density at radius 3 is 2.35 bits per heavy atom. The van der Waals surface area contributed by atoms with Crippen molar-refractivity contribution in [3.63, 3.8) is 0 Å². The Labute approximate surface area is 185 Å². The number of hydrogen-bond donors (Lipinski definition) is 1. The molecule has 0 spiro atoms. The molecule has 1 N–H and O–H groups in total. The minimum atomic E-state index is -4.77. The lowest BCUT2D eigenvalue weighted by Gasteiger charge is -2.14. The number of benzene rings is 2. The van der Waals surface area contributed by atoms with E-state index in [-0.39, 0.29) is 17.7 Å². The van der Waals surface area contributed by atoms with Crippen LogP contribution in [0.1, 0.15) is 47.2 Å². The highest BCUT2D eigenvalue weighted by Gasteiger charge is 2.38. The van der Waals surface area contributed by atoms with Crippen molar-refractivity contribution in [2.24, 2.45) is 5.92 Å². The van der Waals surface area contributed by atoms with Crippen molar-refractivity contribution in [1.82, 2.24) is 15.1 Å². The Morgan fingerprint density at radius 2 is 1.77 bits per heavy atom. The maximum atomic E-state index is 12.9. The number of carbonyl (C=O) groups is 1. The second kappa shape index (κ2) is 8.03. The van der Waals surface area contributed by atoms with E-state index in [0.29, 0.717) is 23.7 Å². The summed E-state index contributed by atoms with van der Waals surface area (Å²) in [5, 5.41) is 7.69. The first-order valence-corrected chi connectivity index (χ1v) is 10.5. The van der Waals surface area contributed by atoms with E-state index in [1.54, 1.807) is 0 Å². The summed E-state index contributed by atoms with van der Waals surface area (Å²) in [7, 11) is 0. The molecule has 1 aromatic heterocycles. The lowest BCUT2D eigenvalue weighted by molar-refractivity contribution is -0.274. The second-order valence-electron chi connectivity index (χ2n) is 7.72. The van der Waals surface area contributed by atoms with Gasteiger partial charge < -0.3 is 10.1 Å². The number of amides is 1. The van der Waals surface area contributed by atoms with Gasteiger partial charge in [-0.05, 0) is 54.3 Å². The van der Waals surface area contributed by atoms with Gasteiger partial charge in [0, 0.05) is 10.0 Å². The van der Waals surface area contributed by atoms with Crippen LogP contribution < -0.4 is 10.1 Å².